The number of hydrogen-bond acceptors (Lipinski definition) is 2. The van der Waals surface area contributed by atoms with E-state index in [1.165, 1.54) is 4.90 Å². The Kier molecular flexibility index (Phi) is 5.07. The van der Waals surface area contributed by atoms with Gasteiger partial charge in [-0.2, -0.15) is 0 Å². The minimum atomic E-state index is -0.731. The van der Waals surface area contributed by atoms with Gasteiger partial charge in [0.1, 0.15) is 11.6 Å². The Morgan fingerprint density at radius 2 is 1.68 bits per heavy atom. The molecule has 2 aromatic carbocycles. The van der Waals surface area contributed by atoms with Gasteiger partial charge in [0.05, 0.1) is 5.56 Å². The van der Waals surface area contributed by atoms with Crippen molar-refractivity contribution in [2.75, 3.05) is 13.1 Å². The Hall–Kier alpha value is -2.76. The van der Waals surface area contributed by atoms with Crippen LogP contribution in [0, 0.1) is 11.6 Å². The number of carbonyl (C=O) groups excluding carboxylic acids is 2. The van der Waals surface area contributed by atoms with Gasteiger partial charge in [0.15, 0.2) is 0 Å². The Morgan fingerprint density at radius 1 is 1.00 bits per heavy atom. The van der Waals surface area contributed by atoms with E-state index in [2.05, 4.69) is 5.32 Å². The summed E-state index contributed by atoms with van der Waals surface area (Å²) >= 11 is 0. The van der Waals surface area contributed by atoms with Crippen molar-refractivity contribution in [3.63, 3.8) is 0 Å². The fourth-order valence-corrected chi connectivity index (χ4v) is 2.92. The summed E-state index contributed by atoms with van der Waals surface area (Å²) in [6, 6.07) is 11.7. The standard InChI is InChI=1S/C19H18F2N2O2/c20-14-6-7-17(21)16(12-14)19(25)23-10-8-15(9-11-23)22-18(24)13-4-2-1-3-5-13/h1-7,12,15H,8-11H2,(H,22,24). The predicted octanol–water partition coefficient (Wildman–Crippen LogP) is 3.00. The van der Waals surface area contributed by atoms with E-state index in [4.69, 9.17) is 0 Å². The van der Waals surface area contributed by atoms with Gasteiger partial charge in [-0.1, -0.05) is 18.2 Å². The summed E-state index contributed by atoms with van der Waals surface area (Å²) in [6.07, 6.45) is 1.14. The van der Waals surface area contributed by atoms with Crippen LogP contribution < -0.4 is 5.32 Å². The zero-order chi connectivity index (χ0) is 17.8. The van der Waals surface area contributed by atoms with Crippen LogP contribution in [0.5, 0.6) is 0 Å². The number of halogens is 2. The van der Waals surface area contributed by atoms with Crippen LogP contribution in [0.3, 0.4) is 0 Å². The second-order valence-electron chi connectivity index (χ2n) is 6.03. The number of piperidine rings is 1. The number of benzene rings is 2. The summed E-state index contributed by atoms with van der Waals surface area (Å²) in [6.45, 7) is 0.767. The normalized spacial score (nSPS) is 15.0. The third kappa shape index (κ3) is 4.02. The van der Waals surface area contributed by atoms with Crippen molar-refractivity contribution in [3.05, 3.63) is 71.3 Å². The highest BCUT2D eigenvalue weighted by Gasteiger charge is 2.26. The highest BCUT2D eigenvalue weighted by atomic mass is 19.1. The molecule has 1 heterocycles. The van der Waals surface area contributed by atoms with Crippen molar-refractivity contribution in [1.82, 2.24) is 10.2 Å². The van der Waals surface area contributed by atoms with Crippen LogP contribution >= 0.6 is 0 Å². The molecule has 1 aliphatic heterocycles. The van der Waals surface area contributed by atoms with Crippen LogP contribution in [0.25, 0.3) is 0 Å². The molecule has 4 nitrogen and oxygen atoms in total. The monoisotopic (exact) mass is 344 g/mol. The molecule has 0 spiro atoms. The number of likely N-dealkylation sites (tertiary alicyclic amines) is 1. The van der Waals surface area contributed by atoms with Gasteiger partial charge in [0.25, 0.3) is 11.8 Å². The van der Waals surface area contributed by atoms with E-state index < -0.39 is 17.5 Å². The van der Waals surface area contributed by atoms with Crippen molar-refractivity contribution < 1.29 is 18.4 Å². The summed E-state index contributed by atoms with van der Waals surface area (Å²) in [5.41, 5.74) is 0.328. The Bertz CT molecular complexity index is 772. The molecule has 1 saturated heterocycles. The van der Waals surface area contributed by atoms with Gasteiger partial charge in [0, 0.05) is 24.7 Å². The zero-order valence-electron chi connectivity index (χ0n) is 13.5. The maximum Gasteiger partial charge on any atom is 0.256 e. The molecule has 130 valence electrons. The van der Waals surface area contributed by atoms with Gasteiger partial charge >= 0.3 is 0 Å². The third-order valence-electron chi connectivity index (χ3n) is 4.31. The predicted molar refractivity (Wildman–Crippen MR) is 89.2 cm³/mol. The maximum absolute atomic E-state index is 13.7. The van der Waals surface area contributed by atoms with E-state index >= 15 is 0 Å². The van der Waals surface area contributed by atoms with Crippen LogP contribution in [-0.4, -0.2) is 35.8 Å². The summed E-state index contributed by atoms with van der Waals surface area (Å²) in [5, 5.41) is 2.94. The number of hydrogen-bond donors (Lipinski definition) is 1. The minimum absolute atomic E-state index is 0.0471. The molecule has 1 aliphatic rings. The van der Waals surface area contributed by atoms with Crippen LogP contribution in [-0.2, 0) is 0 Å². The molecule has 0 aromatic heterocycles. The van der Waals surface area contributed by atoms with Gasteiger partial charge in [-0.05, 0) is 43.2 Å². The van der Waals surface area contributed by atoms with Gasteiger partial charge in [0.2, 0.25) is 0 Å². The number of nitrogens with one attached hydrogen (secondary N) is 1. The van der Waals surface area contributed by atoms with Crippen molar-refractivity contribution in [1.29, 1.82) is 0 Å². The quantitative estimate of drug-likeness (QED) is 0.931. The molecule has 2 amide bonds. The van der Waals surface area contributed by atoms with Crippen LogP contribution in [0.4, 0.5) is 8.78 Å². The molecular weight excluding hydrogens is 326 g/mol. The molecule has 0 radical (unpaired) electrons. The van der Waals surface area contributed by atoms with Gasteiger partial charge in [-0.25, -0.2) is 8.78 Å². The summed E-state index contributed by atoms with van der Waals surface area (Å²) in [5.74, 6) is -2.05. The molecular formula is C19H18F2N2O2. The maximum atomic E-state index is 13.7. The van der Waals surface area contributed by atoms with Crippen LogP contribution in [0.1, 0.15) is 33.6 Å². The van der Waals surface area contributed by atoms with E-state index in [-0.39, 0.29) is 17.5 Å². The largest absolute Gasteiger partial charge is 0.349 e. The van der Waals surface area contributed by atoms with E-state index in [1.54, 1.807) is 24.3 Å². The van der Waals surface area contributed by atoms with E-state index in [0.717, 1.165) is 18.2 Å². The second kappa shape index (κ2) is 7.42. The third-order valence-corrected chi connectivity index (χ3v) is 4.31. The van der Waals surface area contributed by atoms with E-state index in [9.17, 15) is 18.4 Å². The Labute approximate surface area is 144 Å². The SMILES string of the molecule is O=C(NC1CCN(C(=O)c2cc(F)ccc2F)CC1)c1ccccc1. The van der Waals surface area contributed by atoms with Crippen molar-refractivity contribution in [2.45, 2.75) is 18.9 Å². The molecule has 25 heavy (non-hydrogen) atoms. The lowest BCUT2D eigenvalue weighted by atomic mass is 10.0. The lowest BCUT2D eigenvalue weighted by Crippen LogP contribution is -2.46. The molecule has 2 aromatic rings. The molecule has 6 heteroatoms. The van der Waals surface area contributed by atoms with Crippen molar-refractivity contribution in [2.24, 2.45) is 0 Å². The van der Waals surface area contributed by atoms with E-state index in [0.29, 0.717) is 31.5 Å². The molecule has 0 bridgehead atoms. The van der Waals surface area contributed by atoms with Crippen LogP contribution in [0.15, 0.2) is 48.5 Å². The summed E-state index contributed by atoms with van der Waals surface area (Å²) < 4.78 is 27.0. The highest BCUT2D eigenvalue weighted by molar-refractivity contribution is 5.95. The number of amides is 2. The average Bonchev–Trinajstić information content (AvgIpc) is 2.64. The fourth-order valence-electron chi connectivity index (χ4n) is 2.92. The first-order valence-electron chi connectivity index (χ1n) is 8.15. The lowest BCUT2D eigenvalue weighted by molar-refractivity contribution is 0.0693. The molecule has 0 saturated carbocycles. The molecule has 1 N–H and O–H groups in total. The van der Waals surface area contributed by atoms with E-state index in [1.807, 2.05) is 6.07 Å². The first-order chi connectivity index (χ1) is 12.0. The smallest absolute Gasteiger partial charge is 0.256 e. The van der Waals surface area contributed by atoms with Crippen LogP contribution in [0.2, 0.25) is 0 Å². The molecule has 3 rings (SSSR count). The second-order valence-corrected chi connectivity index (χ2v) is 6.03. The average molecular weight is 344 g/mol. The molecule has 0 atom stereocenters. The number of carbonyl (C=O) groups is 2. The highest BCUT2D eigenvalue weighted by Crippen LogP contribution is 2.17. The van der Waals surface area contributed by atoms with Gasteiger partial charge < -0.3 is 10.2 Å². The molecule has 0 aliphatic carbocycles. The zero-order valence-corrected chi connectivity index (χ0v) is 13.5. The van der Waals surface area contributed by atoms with Gasteiger partial charge in [-0.3, -0.25) is 9.59 Å². The Morgan fingerprint density at radius 3 is 2.36 bits per heavy atom. The fraction of sp³-hybridized carbons (Fsp3) is 0.263. The summed E-state index contributed by atoms with van der Waals surface area (Å²) in [7, 11) is 0. The van der Waals surface area contributed by atoms with Crippen molar-refractivity contribution in [3.8, 4) is 0 Å². The summed E-state index contributed by atoms with van der Waals surface area (Å²) in [4.78, 5) is 26.0. The molecule has 1 fully saturated rings. The number of rotatable bonds is 3. The topological polar surface area (TPSA) is 49.4 Å². The minimum Gasteiger partial charge on any atom is -0.349 e. The number of nitrogens with zero attached hydrogens (tertiary/aromatic N) is 1. The van der Waals surface area contributed by atoms with Crippen molar-refractivity contribution >= 4 is 11.8 Å². The lowest BCUT2D eigenvalue weighted by Gasteiger charge is -2.32. The first-order valence-corrected chi connectivity index (χ1v) is 8.15. The Balaban J connectivity index is 1.57. The van der Waals surface area contributed by atoms with Gasteiger partial charge in [-0.15, -0.1) is 0 Å². The molecule has 0 unspecified atom stereocenters. The first kappa shape index (κ1) is 17.1.